The number of hydrogen-bond donors (Lipinski definition) is 3. The van der Waals surface area contributed by atoms with Gasteiger partial charge in [-0.25, -0.2) is 17.6 Å². The standard InChI is InChI=1S/C18H14FN3O.C17H11Cl2N3O.C17H13F3N2O/c1-10-4-3-5-13(16(10)19)14-7-11(9-20)6-12-8-15(18(21)23)22(2)17(12)14;1-22-15(17(21)23)6-10-4-9(8-20)5-13(16(10)22)12-3-2-11(18)7-14(12)19;1-8-12-5-10(19)6-13(11-4-3-9(18)7-14(11)20)16(12)22(2)15(8)17(21)23/h3-8H,1-2H3,(H2,21,23);2-7H,1H3,(H2,21,23);3-7H,1-2H3,(H2,21,23). The third-order valence-corrected chi connectivity index (χ3v) is 12.2. The summed E-state index contributed by atoms with van der Waals surface area (Å²) in [6, 6.07) is 30.0. The predicted octanol–water partition coefficient (Wildman–Crippen LogP) is 11.1. The molecule has 3 heterocycles. The molecule has 346 valence electrons. The summed E-state index contributed by atoms with van der Waals surface area (Å²) in [6.45, 7) is 3.33. The second-order valence-corrected chi connectivity index (χ2v) is 16.8. The molecule has 0 unspecified atom stereocenters. The molecule has 0 aliphatic heterocycles. The SMILES string of the molecule is Cc1c(C(N)=O)n(C)c2c(-c3ccc(F)cc3F)cc(F)cc12.Cc1cccc(-c2cc(C#N)cc3cc(C(N)=O)n(C)c23)c1F.Cn1c(C(N)=O)cc2cc(C#N)cc(-c3ccc(Cl)cc3Cl)c21. The number of carbonyl (C=O) groups excluding carboxylic acids is 3. The van der Waals surface area contributed by atoms with Gasteiger partial charge in [0.1, 0.15) is 40.4 Å². The number of hydrogen-bond acceptors (Lipinski definition) is 5. The predicted molar refractivity (Wildman–Crippen MR) is 259 cm³/mol. The number of benzene rings is 6. The number of nitrogens with two attached hydrogens (primary N) is 3. The van der Waals surface area contributed by atoms with Crippen molar-refractivity contribution in [2.45, 2.75) is 13.8 Å². The molecule has 6 N–H and O–H groups in total. The molecule has 0 bridgehead atoms. The van der Waals surface area contributed by atoms with E-state index in [1.54, 1.807) is 117 Å². The first-order valence-corrected chi connectivity index (χ1v) is 21.3. The van der Waals surface area contributed by atoms with Crippen LogP contribution in [0.3, 0.4) is 0 Å². The molecule has 3 amide bonds. The number of aromatic nitrogens is 3. The highest BCUT2D eigenvalue weighted by Gasteiger charge is 2.23. The quantitative estimate of drug-likeness (QED) is 0.139. The number of primary amides is 3. The molecule has 0 fully saturated rings. The lowest BCUT2D eigenvalue weighted by molar-refractivity contribution is 0.0984. The van der Waals surface area contributed by atoms with Crippen molar-refractivity contribution in [1.82, 2.24) is 13.7 Å². The molecule has 0 aliphatic rings. The summed E-state index contributed by atoms with van der Waals surface area (Å²) in [5.41, 5.74) is 23.6. The Balaban J connectivity index is 0.000000153. The van der Waals surface area contributed by atoms with Gasteiger partial charge in [-0.15, -0.1) is 0 Å². The van der Waals surface area contributed by atoms with Gasteiger partial charge in [0.05, 0.1) is 39.8 Å². The van der Waals surface area contributed by atoms with Gasteiger partial charge in [-0.1, -0.05) is 47.5 Å². The van der Waals surface area contributed by atoms with Crippen LogP contribution in [0.25, 0.3) is 66.1 Å². The fraction of sp³-hybridized carbons (Fsp3) is 0.0962. The monoisotopic (exact) mass is 968 g/mol. The molecule has 3 aromatic heterocycles. The van der Waals surface area contributed by atoms with Crippen LogP contribution in [0.2, 0.25) is 10.0 Å². The number of rotatable bonds is 6. The molecule has 0 spiro atoms. The highest BCUT2D eigenvalue weighted by Crippen LogP contribution is 2.39. The molecule has 0 atom stereocenters. The maximum Gasteiger partial charge on any atom is 0.265 e. The average Bonchev–Trinajstić information content (AvgIpc) is 3.91. The molecule has 0 aliphatic carbocycles. The van der Waals surface area contributed by atoms with E-state index < -0.39 is 35.2 Å². The fourth-order valence-electron chi connectivity index (χ4n) is 8.59. The minimum absolute atomic E-state index is 0.0486. The molecule has 17 heteroatoms. The number of aryl methyl sites for hydroxylation is 5. The van der Waals surface area contributed by atoms with Gasteiger partial charge in [0.2, 0.25) is 0 Å². The molecule has 9 rings (SSSR count). The number of fused-ring (bicyclic) bond motifs is 3. The van der Waals surface area contributed by atoms with Crippen molar-refractivity contribution in [3.05, 3.63) is 176 Å². The molecule has 0 saturated heterocycles. The van der Waals surface area contributed by atoms with Gasteiger partial charge in [0, 0.05) is 86.8 Å². The van der Waals surface area contributed by atoms with Gasteiger partial charge in [-0.05, 0) is 97.8 Å². The molecule has 0 radical (unpaired) electrons. The van der Waals surface area contributed by atoms with Gasteiger partial charge in [-0.3, -0.25) is 14.4 Å². The lowest BCUT2D eigenvalue weighted by Crippen LogP contribution is -2.16. The highest BCUT2D eigenvalue weighted by atomic mass is 35.5. The Morgan fingerprint density at radius 3 is 1.59 bits per heavy atom. The molecule has 0 saturated carbocycles. The summed E-state index contributed by atoms with van der Waals surface area (Å²) in [7, 11) is 5.05. The summed E-state index contributed by atoms with van der Waals surface area (Å²) >= 11 is 12.3. The van der Waals surface area contributed by atoms with Gasteiger partial charge < -0.3 is 30.9 Å². The van der Waals surface area contributed by atoms with Crippen LogP contribution in [-0.2, 0) is 21.1 Å². The first-order valence-electron chi connectivity index (χ1n) is 20.6. The number of nitriles is 2. The zero-order valence-electron chi connectivity index (χ0n) is 37.3. The third kappa shape index (κ3) is 9.09. The maximum absolute atomic E-state index is 14.6. The van der Waals surface area contributed by atoms with Crippen LogP contribution in [0.15, 0.2) is 103 Å². The summed E-state index contributed by atoms with van der Waals surface area (Å²) < 4.78 is 60.7. The Kier molecular flexibility index (Phi) is 13.4. The Bertz CT molecular complexity index is 3730. The summed E-state index contributed by atoms with van der Waals surface area (Å²) in [5, 5.41) is 21.4. The van der Waals surface area contributed by atoms with E-state index in [0.717, 1.165) is 40.2 Å². The van der Waals surface area contributed by atoms with Gasteiger partial charge in [-0.2, -0.15) is 10.5 Å². The minimum Gasteiger partial charge on any atom is -0.364 e. The number of halogens is 6. The molecular formula is C52H38Cl2F4N8O3. The minimum atomic E-state index is -0.809. The van der Waals surface area contributed by atoms with Crippen LogP contribution in [0.5, 0.6) is 0 Å². The van der Waals surface area contributed by atoms with Crippen molar-refractivity contribution < 1.29 is 31.9 Å². The van der Waals surface area contributed by atoms with Crippen LogP contribution < -0.4 is 17.2 Å². The van der Waals surface area contributed by atoms with E-state index in [4.69, 9.17) is 40.4 Å². The van der Waals surface area contributed by atoms with Gasteiger partial charge >= 0.3 is 0 Å². The van der Waals surface area contributed by atoms with E-state index in [1.165, 1.54) is 16.7 Å². The van der Waals surface area contributed by atoms with E-state index in [-0.39, 0.29) is 22.6 Å². The zero-order valence-corrected chi connectivity index (χ0v) is 38.8. The smallest absolute Gasteiger partial charge is 0.265 e. The first-order chi connectivity index (χ1) is 32.7. The Morgan fingerprint density at radius 2 is 1.09 bits per heavy atom. The van der Waals surface area contributed by atoms with Crippen molar-refractivity contribution in [2.24, 2.45) is 38.3 Å². The average molecular weight is 970 g/mol. The summed E-state index contributed by atoms with van der Waals surface area (Å²) in [5.74, 6) is -4.22. The first kappa shape index (κ1) is 48.6. The summed E-state index contributed by atoms with van der Waals surface area (Å²) in [6.07, 6.45) is 0. The van der Waals surface area contributed by atoms with E-state index in [0.29, 0.717) is 76.6 Å². The van der Waals surface area contributed by atoms with Crippen molar-refractivity contribution in [3.63, 3.8) is 0 Å². The highest BCUT2D eigenvalue weighted by molar-refractivity contribution is 6.36. The van der Waals surface area contributed by atoms with Crippen LogP contribution in [0, 0.1) is 59.8 Å². The van der Waals surface area contributed by atoms with Crippen LogP contribution in [-0.4, -0.2) is 31.4 Å². The Morgan fingerprint density at radius 1 is 0.551 bits per heavy atom. The van der Waals surface area contributed by atoms with Crippen LogP contribution in [0.1, 0.15) is 53.7 Å². The second kappa shape index (κ2) is 19.1. The number of amides is 3. The molecule has 69 heavy (non-hydrogen) atoms. The maximum atomic E-state index is 14.6. The Hall–Kier alpha value is -8.37. The number of carbonyl (C=O) groups is 3. The Labute approximate surface area is 401 Å². The van der Waals surface area contributed by atoms with Crippen LogP contribution >= 0.6 is 23.2 Å². The van der Waals surface area contributed by atoms with E-state index >= 15 is 0 Å². The summed E-state index contributed by atoms with van der Waals surface area (Å²) in [4.78, 5) is 34.8. The van der Waals surface area contributed by atoms with E-state index in [2.05, 4.69) is 12.1 Å². The van der Waals surface area contributed by atoms with E-state index in [9.17, 15) is 42.5 Å². The lowest BCUT2D eigenvalue weighted by Gasteiger charge is -2.10. The molecule has 6 aromatic carbocycles. The van der Waals surface area contributed by atoms with E-state index in [1.807, 2.05) is 0 Å². The van der Waals surface area contributed by atoms with Gasteiger partial charge in [0.15, 0.2) is 0 Å². The normalized spacial score (nSPS) is 10.9. The largest absolute Gasteiger partial charge is 0.364 e. The second-order valence-electron chi connectivity index (χ2n) is 16.0. The van der Waals surface area contributed by atoms with Crippen molar-refractivity contribution in [2.75, 3.05) is 0 Å². The van der Waals surface area contributed by atoms with Crippen LogP contribution in [0.4, 0.5) is 17.6 Å². The fourth-order valence-corrected chi connectivity index (χ4v) is 9.10. The topological polar surface area (TPSA) is 192 Å². The van der Waals surface area contributed by atoms with Gasteiger partial charge in [0.25, 0.3) is 17.7 Å². The molecule has 9 aromatic rings. The van der Waals surface area contributed by atoms with Crippen molar-refractivity contribution >= 4 is 73.6 Å². The third-order valence-electron chi connectivity index (χ3n) is 11.7. The molecular weight excluding hydrogens is 932 g/mol. The zero-order chi connectivity index (χ0) is 50.3. The lowest BCUT2D eigenvalue weighted by atomic mass is 9.98. The number of nitrogens with zero attached hydrogens (tertiary/aromatic N) is 5. The van der Waals surface area contributed by atoms with Crippen molar-refractivity contribution in [1.29, 1.82) is 10.5 Å². The van der Waals surface area contributed by atoms with Crippen molar-refractivity contribution in [3.8, 4) is 45.5 Å². The molecule has 11 nitrogen and oxygen atoms in total.